The third-order valence-corrected chi connectivity index (χ3v) is 7.69. The average Bonchev–Trinajstić information content (AvgIpc) is 3.03. The standard InChI is InChI=1S/C16H19ClN2O3S2/c17-15-6-7-16(23-15)24(21,22)19-10-8-18(9-11-19)12-14(20)13-4-2-1-3-5-13/h1-7,14,20H,8-12H2/t14-/m0/s1. The van der Waals surface area contributed by atoms with Gasteiger partial charge in [0.25, 0.3) is 10.0 Å². The van der Waals surface area contributed by atoms with E-state index in [0.717, 1.165) is 16.9 Å². The SMILES string of the molecule is O=S(=O)(c1ccc(Cl)s1)N1CCN(C[C@H](O)c2ccccc2)CC1. The van der Waals surface area contributed by atoms with E-state index in [2.05, 4.69) is 4.90 Å². The van der Waals surface area contributed by atoms with Gasteiger partial charge in [-0.2, -0.15) is 4.31 Å². The van der Waals surface area contributed by atoms with Gasteiger partial charge in [-0.3, -0.25) is 4.90 Å². The normalized spacial score (nSPS) is 18.6. The van der Waals surface area contributed by atoms with Crippen molar-refractivity contribution in [1.29, 1.82) is 0 Å². The fraction of sp³-hybridized carbons (Fsp3) is 0.375. The van der Waals surface area contributed by atoms with Gasteiger partial charge in [0.05, 0.1) is 10.4 Å². The van der Waals surface area contributed by atoms with E-state index in [0.29, 0.717) is 37.1 Å². The highest BCUT2D eigenvalue weighted by Crippen LogP contribution is 2.28. The third-order valence-electron chi connectivity index (χ3n) is 4.09. The Morgan fingerprint density at radius 3 is 2.33 bits per heavy atom. The summed E-state index contributed by atoms with van der Waals surface area (Å²) in [7, 11) is -3.47. The van der Waals surface area contributed by atoms with Crippen molar-refractivity contribution in [2.75, 3.05) is 32.7 Å². The minimum Gasteiger partial charge on any atom is -0.387 e. The van der Waals surface area contributed by atoms with Crippen LogP contribution >= 0.6 is 22.9 Å². The van der Waals surface area contributed by atoms with Crippen molar-refractivity contribution in [3.05, 3.63) is 52.4 Å². The van der Waals surface area contributed by atoms with Crippen LogP contribution in [0.3, 0.4) is 0 Å². The monoisotopic (exact) mass is 386 g/mol. The van der Waals surface area contributed by atoms with Gasteiger partial charge in [-0.15, -0.1) is 11.3 Å². The van der Waals surface area contributed by atoms with Crippen LogP contribution in [0.2, 0.25) is 4.34 Å². The summed E-state index contributed by atoms with van der Waals surface area (Å²) in [5.41, 5.74) is 0.876. The van der Waals surface area contributed by atoms with Crippen LogP contribution in [0.4, 0.5) is 0 Å². The molecule has 8 heteroatoms. The Kier molecular flexibility index (Phi) is 5.59. The highest BCUT2D eigenvalue weighted by atomic mass is 35.5. The summed E-state index contributed by atoms with van der Waals surface area (Å²) in [4.78, 5) is 2.09. The molecule has 1 aliphatic heterocycles. The number of thiophene rings is 1. The van der Waals surface area contributed by atoms with Gasteiger partial charge in [0.1, 0.15) is 4.21 Å². The lowest BCUT2D eigenvalue weighted by atomic mass is 10.1. The van der Waals surface area contributed by atoms with Crippen molar-refractivity contribution >= 4 is 33.0 Å². The van der Waals surface area contributed by atoms with Crippen LogP contribution in [0.5, 0.6) is 0 Å². The molecule has 0 amide bonds. The zero-order chi connectivity index (χ0) is 17.2. The molecule has 0 unspecified atom stereocenters. The van der Waals surface area contributed by atoms with Crippen LogP contribution in [0.15, 0.2) is 46.7 Å². The topological polar surface area (TPSA) is 60.9 Å². The second kappa shape index (κ2) is 7.51. The van der Waals surface area contributed by atoms with Gasteiger partial charge in [-0.1, -0.05) is 41.9 Å². The number of nitrogens with zero attached hydrogens (tertiary/aromatic N) is 2. The lowest BCUT2D eigenvalue weighted by Gasteiger charge is -2.34. The van der Waals surface area contributed by atoms with Crippen LogP contribution < -0.4 is 0 Å². The van der Waals surface area contributed by atoms with Crippen molar-refractivity contribution in [1.82, 2.24) is 9.21 Å². The van der Waals surface area contributed by atoms with Crippen molar-refractivity contribution < 1.29 is 13.5 Å². The lowest BCUT2D eigenvalue weighted by molar-refractivity contribution is 0.0921. The molecule has 24 heavy (non-hydrogen) atoms. The second-order valence-corrected chi connectivity index (χ2v) is 9.57. The van der Waals surface area contributed by atoms with Crippen LogP contribution in [0, 0.1) is 0 Å². The Bertz CT molecular complexity index is 772. The Morgan fingerprint density at radius 1 is 1.08 bits per heavy atom. The fourth-order valence-electron chi connectivity index (χ4n) is 2.74. The van der Waals surface area contributed by atoms with Gasteiger partial charge in [0, 0.05) is 32.7 Å². The van der Waals surface area contributed by atoms with E-state index in [4.69, 9.17) is 11.6 Å². The number of aliphatic hydroxyl groups excluding tert-OH is 1. The molecule has 1 N–H and O–H groups in total. The first-order valence-corrected chi connectivity index (χ1v) is 10.3. The van der Waals surface area contributed by atoms with Crippen molar-refractivity contribution in [2.24, 2.45) is 0 Å². The predicted octanol–water partition coefficient (Wildman–Crippen LogP) is 2.44. The van der Waals surface area contributed by atoms with E-state index in [9.17, 15) is 13.5 Å². The number of hydrogen-bond donors (Lipinski definition) is 1. The lowest BCUT2D eigenvalue weighted by Crippen LogP contribution is -2.49. The molecule has 3 rings (SSSR count). The molecule has 1 saturated heterocycles. The van der Waals surface area contributed by atoms with Crippen LogP contribution in [-0.2, 0) is 10.0 Å². The summed E-state index contributed by atoms with van der Waals surface area (Å²) < 4.78 is 27.4. The Hall–Kier alpha value is -0.960. The molecule has 0 aliphatic carbocycles. The smallest absolute Gasteiger partial charge is 0.252 e. The molecule has 1 fully saturated rings. The molecule has 130 valence electrons. The van der Waals surface area contributed by atoms with Gasteiger partial charge in [-0.05, 0) is 17.7 Å². The highest BCUT2D eigenvalue weighted by Gasteiger charge is 2.30. The van der Waals surface area contributed by atoms with Gasteiger partial charge in [-0.25, -0.2) is 8.42 Å². The summed E-state index contributed by atoms with van der Waals surface area (Å²) in [5.74, 6) is 0. The number of β-amino-alcohol motifs (C(OH)–C–C–N with tert-alkyl or cyclic N) is 1. The molecular formula is C16H19ClN2O3S2. The van der Waals surface area contributed by atoms with E-state index in [-0.39, 0.29) is 4.21 Å². The van der Waals surface area contributed by atoms with E-state index in [1.165, 1.54) is 4.31 Å². The minimum absolute atomic E-state index is 0.283. The largest absolute Gasteiger partial charge is 0.387 e. The van der Waals surface area contributed by atoms with Crippen LogP contribution in [0.1, 0.15) is 11.7 Å². The van der Waals surface area contributed by atoms with E-state index >= 15 is 0 Å². The maximum atomic E-state index is 12.6. The average molecular weight is 387 g/mol. The van der Waals surface area contributed by atoms with Crippen molar-refractivity contribution in [2.45, 2.75) is 10.3 Å². The van der Waals surface area contributed by atoms with Gasteiger partial charge < -0.3 is 5.11 Å². The first kappa shape index (κ1) is 17.8. The van der Waals surface area contributed by atoms with Gasteiger partial charge >= 0.3 is 0 Å². The van der Waals surface area contributed by atoms with Gasteiger partial charge in [0.2, 0.25) is 0 Å². The van der Waals surface area contributed by atoms with Crippen LogP contribution in [0.25, 0.3) is 0 Å². The van der Waals surface area contributed by atoms with Crippen molar-refractivity contribution in [3.63, 3.8) is 0 Å². The summed E-state index contributed by atoms with van der Waals surface area (Å²) in [5, 5.41) is 10.3. The van der Waals surface area contributed by atoms with Gasteiger partial charge in [0.15, 0.2) is 0 Å². The molecule has 0 spiro atoms. The maximum absolute atomic E-state index is 12.6. The Labute approximate surface area is 151 Å². The number of piperazine rings is 1. The quantitative estimate of drug-likeness (QED) is 0.857. The molecule has 0 radical (unpaired) electrons. The predicted molar refractivity (Wildman–Crippen MR) is 95.9 cm³/mol. The maximum Gasteiger partial charge on any atom is 0.252 e. The molecular weight excluding hydrogens is 368 g/mol. The molecule has 2 heterocycles. The number of aliphatic hydroxyl groups is 1. The van der Waals surface area contributed by atoms with E-state index < -0.39 is 16.1 Å². The Morgan fingerprint density at radius 2 is 1.75 bits per heavy atom. The second-order valence-electron chi connectivity index (χ2n) is 5.69. The summed E-state index contributed by atoms with van der Waals surface area (Å²) in [6.45, 7) is 2.53. The molecule has 1 aromatic carbocycles. The Balaban J connectivity index is 1.58. The zero-order valence-electron chi connectivity index (χ0n) is 13.0. The zero-order valence-corrected chi connectivity index (χ0v) is 15.4. The molecule has 1 aromatic heterocycles. The molecule has 2 aromatic rings. The van der Waals surface area contributed by atoms with Crippen molar-refractivity contribution in [3.8, 4) is 0 Å². The minimum atomic E-state index is -3.47. The molecule has 1 aliphatic rings. The summed E-state index contributed by atoms with van der Waals surface area (Å²) in [6, 6.07) is 12.7. The summed E-state index contributed by atoms with van der Waals surface area (Å²) in [6.07, 6.45) is -0.564. The molecule has 0 saturated carbocycles. The van der Waals surface area contributed by atoms with E-state index in [1.807, 2.05) is 30.3 Å². The first-order chi connectivity index (χ1) is 11.5. The van der Waals surface area contributed by atoms with E-state index in [1.54, 1.807) is 12.1 Å². The first-order valence-electron chi connectivity index (χ1n) is 7.67. The third kappa shape index (κ3) is 3.99. The number of benzene rings is 1. The highest BCUT2D eigenvalue weighted by molar-refractivity contribution is 7.91. The number of sulfonamides is 1. The number of halogens is 1. The summed E-state index contributed by atoms with van der Waals surface area (Å²) >= 11 is 6.92. The molecule has 1 atom stereocenters. The fourth-order valence-corrected chi connectivity index (χ4v) is 5.80. The number of hydrogen-bond acceptors (Lipinski definition) is 5. The number of rotatable bonds is 5. The van der Waals surface area contributed by atoms with Crippen LogP contribution in [-0.4, -0.2) is 55.5 Å². The molecule has 5 nitrogen and oxygen atoms in total. The molecule has 0 bridgehead atoms.